The fourth-order valence-electron chi connectivity index (χ4n) is 2.34. The van der Waals surface area contributed by atoms with E-state index in [0.717, 1.165) is 0 Å². The summed E-state index contributed by atoms with van der Waals surface area (Å²) in [6.45, 7) is 0. The zero-order valence-electron chi connectivity index (χ0n) is 12.1. The normalized spacial score (nSPS) is 11.7. The lowest BCUT2D eigenvalue weighted by Crippen LogP contribution is -2.25. The molecule has 1 aromatic carbocycles. The molecule has 118 valence electrons. The number of nitrogens with zero attached hydrogens (tertiary/aromatic N) is 3. The van der Waals surface area contributed by atoms with Gasteiger partial charge in [0.25, 0.3) is 0 Å². The van der Waals surface area contributed by atoms with E-state index in [2.05, 4.69) is 9.97 Å². The zero-order chi connectivity index (χ0) is 16.6. The van der Waals surface area contributed by atoms with Crippen LogP contribution in [0.4, 0.5) is 0 Å². The number of pyridine rings is 1. The molecular weight excluding hydrogens is 318 g/mol. The fourth-order valence-corrected chi connectivity index (χ4v) is 3.77. The Balaban J connectivity index is 2.14. The third-order valence-corrected chi connectivity index (χ3v) is 5.01. The Labute approximate surface area is 132 Å². The first-order valence-corrected chi connectivity index (χ1v) is 8.34. The lowest BCUT2D eigenvalue weighted by Gasteiger charge is -2.12. The number of fused-ring (bicyclic) bond motifs is 1. The highest BCUT2D eigenvalue weighted by atomic mass is 32.2. The molecule has 0 unspecified atom stereocenters. The number of carbonyl (C=O) groups is 1. The Bertz CT molecular complexity index is 1010. The second kappa shape index (κ2) is 5.47. The first kappa shape index (κ1) is 15.2. The molecule has 0 fully saturated rings. The lowest BCUT2D eigenvalue weighted by molar-refractivity contribution is -0.255. The third-order valence-electron chi connectivity index (χ3n) is 3.40. The molecule has 0 N–H and O–H groups in total. The quantitative estimate of drug-likeness (QED) is 0.681. The molecule has 0 bridgehead atoms. The number of aromatic nitrogens is 3. The zero-order valence-corrected chi connectivity index (χ0v) is 12.9. The number of carboxylic acid groups (broad SMARTS) is 1. The number of carbonyl (C=O) groups excluding carboxylic acids is 1. The summed E-state index contributed by atoms with van der Waals surface area (Å²) in [6, 6.07) is 8.25. The topological polar surface area (TPSA) is 105 Å². The van der Waals surface area contributed by atoms with Crippen molar-refractivity contribution in [3.63, 3.8) is 0 Å². The van der Waals surface area contributed by atoms with E-state index in [9.17, 15) is 18.3 Å². The van der Waals surface area contributed by atoms with Gasteiger partial charge in [0, 0.05) is 30.4 Å². The van der Waals surface area contributed by atoms with Crippen molar-refractivity contribution in [2.24, 2.45) is 7.05 Å². The van der Waals surface area contributed by atoms with Crippen molar-refractivity contribution < 1.29 is 18.3 Å². The minimum Gasteiger partial charge on any atom is -0.545 e. The summed E-state index contributed by atoms with van der Waals surface area (Å²) in [7, 11) is -2.28. The first-order valence-electron chi connectivity index (χ1n) is 6.68. The van der Waals surface area contributed by atoms with Gasteiger partial charge in [-0.25, -0.2) is 13.4 Å². The standard InChI is InChI=1S/C15H13N3O4S/c1-18-7-6-16-15(18)23(21,22)9-13-11(14(19)20)8-10-4-2-3-5-12(10)17-13/h2-8H,9H2,1H3,(H,19,20)/p-1. The van der Waals surface area contributed by atoms with Crippen molar-refractivity contribution in [1.29, 1.82) is 0 Å². The lowest BCUT2D eigenvalue weighted by atomic mass is 10.1. The summed E-state index contributed by atoms with van der Waals surface area (Å²) in [5, 5.41) is 11.8. The van der Waals surface area contributed by atoms with Crippen LogP contribution in [-0.2, 0) is 22.6 Å². The molecule has 0 radical (unpaired) electrons. The van der Waals surface area contributed by atoms with E-state index in [1.807, 2.05) is 0 Å². The number of hydrogen-bond donors (Lipinski definition) is 0. The SMILES string of the molecule is Cn1ccnc1S(=O)(=O)Cc1nc2ccccc2cc1C(=O)[O-]. The summed E-state index contributed by atoms with van der Waals surface area (Å²) in [5.74, 6) is -2.03. The highest BCUT2D eigenvalue weighted by Gasteiger charge is 2.23. The van der Waals surface area contributed by atoms with Crippen LogP contribution in [0.2, 0.25) is 0 Å². The second-order valence-electron chi connectivity index (χ2n) is 5.04. The van der Waals surface area contributed by atoms with Gasteiger partial charge in [0.2, 0.25) is 15.0 Å². The van der Waals surface area contributed by atoms with Crippen molar-refractivity contribution in [2.45, 2.75) is 10.9 Å². The molecule has 8 heteroatoms. The van der Waals surface area contributed by atoms with E-state index in [4.69, 9.17) is 0 Å². The van der Waals surface area contributed by atoms with Crippen LogP contribution >= 0.6 is 0 Å². The van der Waals surface area contributed by atoms with Gasteiger partial charge in [0.1, 0.15) is 5.75 Å². The maximum atomic E-state index is 12.5. The van der Waals surface area contributed by atoms with Gasteiger partial charge in [-0.15, -0.1) is 0 Å². The van der Waals surface area contributed by atoms with Gasteiger partial charge in [-0.2, -0.15) is 0 Å². The number of benzene rings is 1. The van der Waals surface area contributed by atoms with E-state index >= 15 is 0 Å². The van der Waals surface area contributed by atoms with Gasteiger partial charge in [0.05, 0.1) is 17.2 Å². The van der Waals surface area contributed by atoms with Crippen molar-refractivity contribution >= 4 is 26.7 Å². The Morgan fingerprint density at radius 3 is 2.70 bits per heavy atom. The first-order chi connectivity index (χ1) is 10.9. The molecule has 3 aromatic rings. The van der Waals surface area contributed by atoms with Gasteiger partial charge in [-0.3, -0.25) is 4.98 Å². The van der Waals surface area contributed by atoms with Gasteiger partial charge in [-0.1, -0.05) is 18.2 Å². The van der Waals surface area contributed by atoms with Gasteiger partial charge < -0.3 is 14.5 Å². The molecule has 2 aromatic heterocycles. The van der Waals surface area contributed by atoms with Crippen molar-refractivity contribution in [1.82, 2.24) is 14.5 Å². The minimum atomic E-state index is -3.83. The number of para-hydroxylation sites is 1. The Morgan fingerprint density at radius 1 is 1.30 bits per heavy atom. The van der Waals surface area contributed by atoms with E-state index in [0.29, 0.717) is 10.9 Å². The Hall–Kier alpha value is -2.74. The number of rotatable bonds is 4. The van der Waals surface area contributed by atoms with Crippen molar-refractivity contribution in [2.75, 3.05) is 0 Å². The number of aryl methyl sites for hydroxylation is 1. The van der Waals surface area contributed by atoms with Gasteiger partial charge >= 0.3 is 0 Å². The Kier molecular flexibility index (Phi) is 3.61. The van der Waals surface area contributed by atoms with Crippen LogP contribution in [-0.4, -0.2) is 28.9 Å². The van der Waals surface area contributed by atoms with Crippen molar-refractivity contribution in [3.8, 4) is 0 Å². The molecule has 23 heavy (non-hydrogen) atoms. The van der Waals surface area contributed by atoms with Crippen LogP contribution in [0.1, 0.15) is 16.1 Å². The maximum absolute atomic E-state index is 12.5. The van der Waals surface area contributed by atoms with Crippen LogP contribution < -0.4 is 5.11 Å². The van der Waals surface area contributed by atoms with E-state index in [1.165, 1.54) is 23.0 Å². The van der Waals surface area contributed by atoms with Gasteiger partial charge in [0.15, 0.2) is 0 Å². The second-order valence-corrected chi connectivity index (χ2v) is 6.93. The number of hydrogen-bond acceptors (Lipinski definition) is 6. The molecule has 0 saturated heterocycles. The average Bonchev–Trinajstić information content (AvgIpc) is 2.93. The van der Waals surface area contributed by atoms with Crippen LogP contribution in [0.5, 0.6) is 0 Å². The smallest absolute Gasteiger partial charge is 0.227 e. The molecule has 0 spiro atoms. The molecule has 0 saturated carbocycles. The summed E-state index contributed by atoms with van der Waals surface area (Å²) < 4.78 is 26.3. The summed E-state index contributed by atoms with van der Waals surface area (Å²) in [4.78, 5) is 19.3. The molecule has 0 atom stereocenters. The molecular formula is C15H12N3O4S-. The predicted molar refractivity (Wildman–Crippen MR) is 80.2 cm³/mol. The summed E-state index contributed by atoms with van der Waals surface area (Å²) >= 11 is 0. The van der Waals surface area contributed by atoms with E-state index < -0.39 is 21.6 Å². The van der Waals surface area contributed by atoms with Crippen LogP contribution in [0.3, 0.4) is 0 Å². The molecule has 2 heterocycles. The van der Waals surface area contributed by atoms with Crippen molar-refractivity contribution in [3.05, 3.63) is 54.0 Å². The highest BCUT2D eigenvalue weighted by Crippen LogP contribution is 2.20. The summed E-state index contributed by atoms with van der Waals surface area (Å²) in [6.07, 6.45) is 2.86. The number of aromatic carboxylic acids is 1. The minimum absolute atomic E-state index is 0.0632. The number of imidazole rings is 1. The van der Waals surface area contributed by atoms with Crippen LogP contribution in [0.15, 0.2) is 47.9 Å². The highest BCUT2D eigenvalue weighted by molar-refractivity contribution is 7.90. The number of carboxylic acids is 1. The summed E-state index contributed by atoms with van der Waals surface area (Å²) in [5.41, 5.74) is 0.218. The Morgan fingerprint density at radius 2 is 2.04 bits per heavy atom. The molecule has 0 aliphatic carbocycles. The molecule has 3 rings (SSSR count). The third kappa shape index (κ3) is 2.80. The maximum Gasteiger partial charge on any atom is 0.227 e. The fraction of sp³-hybridized carbons (Fsp3) is 0.133. The monoisotopic (exact) mass is 330 g/mol. The van der Waals surface area contributed by atoms with Gasteiger partial charge in [-0.05, 0) is 12.1 Å². The van der Waals surface area contributed by atoms with E-state index in [-0.39, 0.29) is 16.4 Å². The number of sulfone groups is 1. The largest absolute Gasteiger partial charge is 0.545 e. The molecule has 0 aliphatic rings. The average molecular weight is 330 g/mol. The van der Waals surface area contributed by atoms with E-state index in [1.54, 1.807) is 31.3 Å². The molecule has 0 aliphatic heterocycles. The van der Waals surface area contributed by atoms with Crippen LogP contribution in [0, 0.1) is 0 Å². The van der Waals surface area contributed by atoms with Crippen LogP contribution in [0.25, 0.3) is 10.9 Å². The molecule has 7 nitrogen and oxygen atoms in total. The molecule has 0 amide bonds. The predicted octanol–water partition coefficient (Wildman–Crippen LogP) is 0.306.